The zero-order valence-electron chi connectivity index (χ0n) is 14.1. The van der Waals surface area contributed by atoms with Gasteiger partial charge in [-0.2, -0.15) is 0 Å². The lowest BCUT2D eigenvalue weighted by molar-refractivity contribution is 0.390. The van der Waals surface area contributed by atoms with Gasteiger partial charge in [0.2, 0.25) is 0 Å². The number of aliphatic imine (C=N–C) groups is 2. The molecule has 0 saturated heterocycles. The largest absolute Gasteiger partial charge is 0.507 e. The van der Waals surface area contributed by atoms with Crippen molar-refractivity contribution >= 4 is 44.3 Å². The number of benzene rings is 2. The van der Waals surface area contributed by atoms with Crippen molar-refractivity contribution in [3.05, 3.63) is 56.5 Å². The number of hydrogen-bond acceptors (Lipinski definition) is 4. The molecular formula is C20H20Br2N2O2. The Labute approximate surface area is 170 Å². The zero-order chi connectivity index (χ0) is 18.5. The molecule has 0 aromatic heterocycles. The molecular weight excluding hydrogens is 460 g/mol. The standard InChI is InChI=1S/C20H20Br2N2O2/c21-15-5-7-19(25)13(9-15)11-23-17-3-1-2-4-18(17)24-12-14-10-16(22)6-8-20(14)26/h5-12,17-18,25-26H,1-4H2. The first-order valence-corrected chi connectivity index (χ1v) is 10.1. The van der Waals surface area contributed by atoms with Crippen LogP contribution in [0.4, 0.5) is 0 Å². The Hall–Kier alpha value is -1.66. The highest BCUT2D eigenvalue weighted by molar-refractivity contribution is 9.10. The number of halogens is 2. The molecule has 2 atom stereocenters. The molecule has 2 aromatic carbocycles. The summed E-state index contributed by atoms with van der Waals surface area (Å²) in [5, 5.41) is 19.9. The number of phenols is 2. The van der Waals surface area contributed by atoms with Gasteiger partial charge in [-0.25, -0.2) is 0 Å². The molecule has 1 saturated carbocycles. The van der Waals surface area contributed by atoms with Crippen molar-refractivity contribution in [1.29, 1.82) is 0 Å². The number of hydrogen-bond donors (Lipinski definition) is 2. The van der Waals surface area contributed by atoms with E-state index in [1.54, 1.807) is 36.7 Å². The van der Waals surface area contributed by atoms with Gasteiger partial charge >= 0.3 is 0 Å². The third-order valence-electron chi connectivity index (χ3n) is 4.48. The van der Waals surface area contributed by atoms with Crippen molar-refractivity contribution in [1.82, 2.24) is 0 Å². The van der Waals surface area contributed by atoms with Crippen LogP contribution < -0.4 is 0 Å². The summed E-state index contributed by atoms with van der Waals surface area (Å²) in [5.41, 5.74) is 1.38. The number of aromatic hydroxyl groups is 2. The Bertz CT molecular complexity index is 767. The third kappa shape index (κ3) is 4.95. The molecule has 4 nitrogen and oxygen atoms in total. The maximum atomic E-state index is 9.96. The summed E-state index contributed by atoms with van der Waals surface area (Å²) in [5.74, 6) is 0.429. The molecule has 6 heteroatoms. The predicted molar refractivity (Wildman–Crippen MR) is 113 cm³/mol. The maximum Gasteiger partial charge on any atom is 0.124 e. The number of rotatable bonds is 4. The molecule has 1 aliphatic rings. The lowest BCUT2D eigenvalue weighted by Crippen LogP contribution is -2.27. The molecule has 3 rings (SSSR count). The van der Waals surface area contributed by atoms with E-state index in [0.29, 0.717) is 11.1 Å². The normalized spacial score (nSPS) is 20.8. The van der Waals surface area contributed by atoms with Crippen LogP contribution in [0.2, 0.25) is 0 Å². The van der Waals surface area contributed by atoms with Crippen LogP contribution in [0.5, 0.6) is 11.5 Å². The Morgan fingerprint density at radius 3 is 1.62 bits per heavy atom. The second kappa shape index (κ2) is 8.82. The van der Waals surface area contributed by atoms with Crippen molar-refractivity contribution < 1.29 is 10.2 Å². The summed E-state index contributed by atoms with van der Waals surface area (Å²) in [7, 11) is 0. The quantitative estimate of drug-likeness (QED) is 0.571. The van der Waals surface area contributed by atoms with E-state index in [1.165, 1.54) is 0 Å². The van der Waals surface area contributed by atoms with Crippen molar-refractivity contribution in [2.75, 3.05) is 0 Å². The Balaban J connectivity index is 1.77. The number of phenolic OH excluding ortho intramolecular Hbond substituents is 2. The minimum Gasteiger partial charge on any atom is -0.507 e. The molecule has 0 bridgehead atoms. The topological polar surface area (TPSA) is 65.2 Å². The van der Waals surface area contributed by atoms with E-state index in [4.69, 9.17) is 9.98 Å². The molecule has 0 heterocycles. The minimum atomic E-state index is 0.0766. The average Bonchev–Trinajstić information content (AvgIpc) is 2.64. The van der Waals surface area contributed by atoms with Gasteiger partial charge in [0.05, 0.1) is 12.1 Å². The summed E-state index contributed by atoms with van der Waals surface area (Å²) in [6.45, 7) is 0. The van der Waals surface area contributed by atoms with E-state index in [9.17, 15) is 10.2 Å². The lowest BCUT2D eigenvalue weighted by Gasteiger charge is -2.25. The van der Waals surface area contributed by atoms with Crippen LogP contribution in [0.1, 0.15) is 36.8 Å². The van der Waals surface area contributed by atoms with Crippen LogP contribution in [0, 0.1) is 0 Å². The van der Waals surface area contributed by atoms with Gasteiger partial charge in [-0.1, -0.05) is 44.7 Å². The van der Waals surface area contributed by atoms with Crippen molar-refractivity contribution in [3.63, 3.8) is 0 Å². The fraction of sp³-hybridized carbons (Fsp3) is 0.300. The Morgan fingerprint density at radius 1 is 0.769 bits per heavy atom. The summed E-state index contributed by atoms with van der Waals surface area (Å²) in [6, 6.07) is 10.7. The molecule has 1 aliphatic carbocycles. The monoisotopic (exact) mass is 478 g/mol. The second-order valence-corrected chi connectivity index (χ2v) is 8.21. The van der Waals surface area contributed by atoms with Crippen molar-refractivity contribution in [2.24, 2.45) is 9.98 Å². The molecule has 0 radical (unpaired) electrons. The summed E-state index contributed by atoms with van der Waals surface area (Å²) >= 11 is 6.83. The summed E-state index contributed by atoms with van der Waals surface area (Å²) in [6.07, 6.45) is 7.65. The van der Waals surface area contributed by atoms with E-state index < -0.39 is 0 Å². The van der Waals surface area contributed by atoms with Crippen molar-refractivity contribution in [3.8, 4) is 11.5 Å². The van der Waals surface area contributed by atoms with Crippen molar-refractivity contribution in [2.45, 2.75) is 37.8 Å². The predicted octanol–water partition coefficient (Wildman–Crippen LogP) is 5.47. The van der Waals surface area contributed by atoms with Gasteiger partial charge in [0.25, 0.3) is 0 Å². The van der Waals surface area contributed by atoms with Crippen LogP contribution in [0.25, 0.3) is 0 Å². The van der Waals surface area contributed by atoms with Crippen LogP contribution in [0.3, 0.4) is 0 Å². The van der Waals surface area contributed by atoms with Gasteiger partial charge in [-0.3, -0.25) is 9.98 Å². The van der Waals surface area contributed by atoms with Crippen LogP contribution >= 0.6 is 31.9 Å². The molecule has 0 amide bonds. The second-order valence-electron chi connectivity index (χ2n) is 6.38. The fourth-order valence-corrected chi connectivity index (χ4v) is 3.81. The van der Waals surface area contributed by atoms with Gasteiger partial charge in [0.1, 0.15) is 11.5 Å². The van der Waals surface area contributed by atoms with E-state index >= 15 is 0 Å². The maximum absolute atomic E-state index is 9.96. The molecule has 2 N–H and O–H groups in total. The summed E-state index contributed by atoms with van der Waals surface area (Å²) in [4.78, 5) is 9.40. The molecule has 136 valence electrons. The van der Waals surface area contributed by atoms with Gasteiger partial charge in [0.15, 0.2) is 0 Å². The highest BCUT2D eigenvalue weighted by atomic mass is 79.9. The van der Waals surface area contributed by atoms with E-state index in [0.717, 1.165) is 34.6 Å². The molecule has 0 spiro atoms. The highest BCUT2D eigenvalue weighted by Crippen LogP contribution is 2.26. The van der Waals surface area contributed by atoms with Gasteiger partial charge in [0, 0.05) is 32.5 Å². The smallest absolute Gasteiger partial charge is 0.124 e. The third-order valence-corrected chi connectivity index (χ3v) is 5.47. The van der Waals surface area contributed by atoms with Gasteiger partial charge in [-0.15, -0.1) is 0 Å². The SMILES string of the molecule is Oc1ccc(Br)cc1C=NC1CCCCC1N=Cc1cc(Br)ccc1O. The molecule has 2 aromatic rings. The Kier molecular flexibility index (Phi) is 6.48. The van der Waals surface area contributed by atoms with Crippen LogP contribution in [-0.4, -0.2) is 34.7 Å². The van der Waals surface area contributed by atoms with E-state index in [2.05, 4.69) is 31.9 Å². The highest BCUT2D eigenvalue weighted by Gasteiger charge is 2.23. The first kappa shape index (κ1) is 19.1. The summed E-state index contributed by atoms with van der Waals surface area (Å²) < 4.78 is 1.81. The first-order valence-electron chi connectivity index (χ1n) is 8.56. The molecule has 26 heavy (non-hydrogen) atoms. The first-order chi connectivity index (χ1) is 12.5. The van der Waals surface area contributed by atoms with Crippen LogP contribution in [-0.2, 0) is 0 Å². The van der Waals surface area contributed by atoms with E-state index in [-0.39, 0.29) is 23.6 Å². The van der Waals surface area contributed by atoms with Crippen LogP contribution in [0.15, 0.2) is 55.3 Å². The molecule has 1 fully saturated rings. The zero-order valence-corrected chi connectivity index (χ0v) is 17.3. The van der Waals surface area contributed by atoms with Gasteiger partial charge < -0.3 is 10.2 Å². The van der Waals surface area contributed by atoms with Gasteiger partial charge in [-0.05, 0) is 49.2 Å². The molecule has 0 aliphatic heterocycles. The Morgan fingerprint density at radius 2 is 1.19 bits per heavy atom. The minimum absolute atomic E-state index is 0.0766. The lowest BCUT2D eigenvalue weighted by atomic mass is 9.91. The van der Waals surface area contributed by atoms with E-state index in [1.807, 2.05) is 12.1 Å². The average molecular weight is 480 g/mol. The number of nitrogens with zero attached hydrogens (tertiary/aromatic N) is 2. The fourth-order valence-electron chi connectivity index (χ4n) is 3.05. The molecule has 2 unspecified atom stereocenters.